The van der Waals surface area contributed by atoms with Crippen molar-refractivity contribution in [3.63, 3.8) is 0 Å². The Bertz CT molecular complexity index is 150. The largest absolute Gasteiger partial charge is 0.399 e. The van der Waals surface area contributed by atoms with Crippen LogP contribution in [-0.2, 0) is 0 Å². The second-order valence-corrected chi connectivity index (χ2v) is 2.63. The summed E-state index contributed by atoms with van der Waals surface area (Å²) in [6.07, 6.45) is 1.41. The van der Waals surface area contributed by atoms with Crippen molar-refractivity contribution in [2.45, 2.75) is 13.8 Å². The lowest BCUT2D eigenvalue weighted by molar-refractivity contribution is 0.790. The van der Waals surface area contributed by atoms with E-state index in [9.17, 15) is 0 Å². The van der Waals surface area contributed by atoms with Gasteiger partial charge in [0.2, 0.25) is 0 Å². The quantitative estimate of drug-likeness (QED) is 0.428. The molecule has 10 heavy (non-hydrogen) atoms. The Morgan fingerprint density at radius 2 is 2.10 bits per heavy atom. The van der Waals surface area contributed by atoms with Crippen molar-refractivity contribution in [2.24, 2.45) is 5.92 Å². The van der Waals surface area contributed by atoms with Gasteiger partial charge in [0.25, 0.3) is 0 Å². The van der Waals surface area contributed by atoms with Gasteiger partial charge in [-0.05, 0) is 17.1 Å². The highest BCUT2D eigenvalue weighted by Gasteiger charge is 2.01. The summed E-state index contributed by atoms with van der Waals surface area (Å²) in [4.78, 5) is 0. The Kier molecular flexibility index (Phi) is 3.85. The highest BCUT2D eigenvalue weighted by Crippen LogP contribution is 2.07. The third-order valence-corrected chi connectivity index (χ3v) is 1.59. The second-order valence-electron chi connectivity index (χ2n) is 2.63. The molecule has 0 fully saturated rings. The predicted octanol–water partition coefficient (Wildman–Crippen LogP) is 0.356. The van der Waals surface area contributed by atoms with Crippen molar-refractivity contribution in [1.29, 1.82) is 5.41 Å². The highest BCUT2D eigenvalue weighted by molar-refractivity contribution is 6.23. The van der Waals surface area contributed by atoms with E-state index >= 15 is 0 Å². The minimum atomic E-state index is 0.435. The van der Waals surface area contributed by atoms with Gasteiger partial charge in [0.15, 0.2) is 7.85 Å². The zero-order chi connectivity index (χ0) is 8.15. The molecular formula is C7H15BN2. The van der Waals surface area contributed by atoms with Crippen LogP contribution < -0.4 is 5.32 Å². The van der Waals surface area contributed by atoms with Crippen LogP contribution in [0, 0.1) is 11.3 Å². The summed E-state index contributed by atoms with van der Waals surface area (Å²) in [7, 11) is 3.86. The van der Waals surface area contributed by atoms with Gasteiger partial charge in [0, 0.05) is 13.3 Å². The lowest BCUT2D eigenvalue weighted by Gasteiger charge is -2.10. The zero-order valence-corrected chi connectivity index (χ0v) is 7.15. The zero-order valence-electron chi connectivity index (χ0n) is 7.15. The predicted molar refractivity (Wildman–Crippen MR) is 48.3 cm³/mol. The average Bonchev–Trinajstić information content (AvgIpc) is 1.88. The lowest BCUT2D eigenvalue weighted by atomic mass is 9.92. The summed E-state index contributed by atoms with van der Waals surface area (Å²) in [6.45, 7) is 4.17. The lowest BCUT2D eigenvalue weighted by Crippen LogP contribution is -2.12. The van der Waals surface area contributed by atoms with Crippen molar-refractivity contribution in [1.82, 2.24) is 5.32 Å². The molecule has 0 aromatic carbocycles. The molecular weight excluding hydrogens is 123 g/mol. The minimum absolute atomic E-state index is 0.435. The molecule has 0 saturated heterocycles. The SMILES string of the molecule is B/C(NC)=C(/C=N)C(C)C. The van der Waals surface area contributed by atoms with Gasteiger partial charge in [-0.25, -0.2) is 0 Å². The van der Waals surface area contributed by atoms with E-state index in [-0.39, 0.29) is 0 Å². The van der Waals surface area contributed by atoms with Crippen molar-refractivity contribution in [3.05, 3.63) is 11.2 Å². The van der Waals surface area contributed by atoms with E-state index in [0.717, 1.165) is 11.2 Å². The van der Waals surface area contributed by atoms with Gasteiger partial charge in [-0.15, -0.1) is 0 Å². The Labute approximate surface area is 63.6 Å². The van der Waals surface area contributed by atoms with E-state index < -0.39 is 0 Å². The van der Waals surface area contributed by atoms with Crippen LogP contribution in [0.25, 0.3) is 0 Å². The maximum absolute atomic E-state index is 7.10. The van der Waals surface area contributed by atoms with Crippen LogP contribution in [0.3, 0.4) is 0 Å². The van der Waals surface area contributed by atoms with Crippen molar-refractivity contribution < 1.29 is 0 Å². The number of hydrogen-bond acceptors (Lipinski definition) is 2. The van der Waals surface area contributed by atoms with Gasteiger partial charge in [0.1, 0.15) is 0 Å². The van der Waals surface area contributed by atoms with Crippen LogP contribution in [0.15, 0.2) is 11.2 Å². The molecule has 0 radical (unpaired) electrons. The smallest absolute Gasteiger partial charge is 0.160 e. The molecule has 0 heterocycles. The van der Waals surface area contributed by atoms with Crippen LogP contribution >= 0.6 is 0 Å². The van der Waals surface area contributed by atoms with Crippen LogP contribution in [0.1, 0.15) is 13.8 Å². The molecule has 0 aliphatic carbocycles. The summed E-state index contributed by atoms with van der Waals surface area (Å²) < 4.78 is 0. The molecule has 0 amide bonds. The van der Waals surface area contributed by atoms with Crippen molar-refractivity contribution in [2.75, 3.05) is 7.05 Å². The third-order valence-electron chi connectivity index (χ3n) is 1.59. The summed E-state index contributed by atoms with van der Waals surface area (Å²) in [6, 6.07) is 0. The molecule has 0 saturated carbocycles. The van der Waals surface area contributed by atoms with E-state index in [4.69, 9.17) is 5.41 Å². The van der Waals surface area contributed by atoms with Gasteiger partial charge < -0.3 is 10.7 Å². The molecule has 0 aromatic rings. The number of nitrogens with one attached hydrogen (secondary N) is 2. The van der Waals surface area contributed by atoms with Crippen LogP contribution in [-0.4, -0.2) is 21.1 Å². The number of allylic oxidation sites excluding steroid dienone is 1. The first-order valence-electron chi connectivity index (χ1n) is 3.52. The average molecular weight is 138 g/mol. The molecule has 56 valence electrons. The Morgan fingerprint density at radius 3 is 2.20 bits per heavy atom. The topological polar surface area (TPSA) is 35.9 Å². The van der Waals surface area contributed by atoms with Crippen molar-refractivity contribution in [3.8, 4) is 0 Å². The molecule has 0 atom stereocenters. The molecule has 0 aliphatic rings. The molecule has 0 aliphatic heterocycles. The fraction of sp³-hybridized carbons (Fsp3) is 0.571. The first kappa shape index (κ1) is 9.27. The Hall–Kier alpha value is -0.725. The summed E-state index contributed by atoms with van der Waals surface area (Å²) in [5, 5.41) is 10.1. The fourth-order valence-electron chi connectivity index (χ4n) is 0.852. The Balaban J connectivity index is 4.45. The maximum atomic E-state index is 7.10. The standard InChI is InChI=1S/C7H15BN2/c1-5(2)6(4-9)7(8)10-3/h4-5,9-10H,8H2,1-3H3/b7-6+,9-4?. The molecule has 0 spiro atoms. The minimum Gasteiger partial charge on any atom is -0.399 e. The molecule has 0 unspecified atom stereocenters. The van der Waals surface area contributed by atoms with Crippen LogP contribution in [0.5, 0.6) is 0 Å². The molecule has 2 nitrogen and oxygen atoms in total. The van der Waals surface area contributed by atoms with Gasteiger partial charge in [-0.3, -0.25) is 0 Å². The highest BCUT2D eigenvalue weighted by atomic mass is 14.8. The molecule has 3 heteroatoms. The molecule has 0 bridgehead atoms. The Morgan fingerprint density at radius 1 is 1.60 bits per heavy atom. The van der Waals surface area contributed by atoms with E-state index in [1.807, 2.05) is 14.9 Å². The van der Waals surface area contributed by atoms with Gasteiger partial charge in [-0.1, -0.05) is 13.8 Å². The van der Waals surface area contributed by atoms with Crippen LogP contribution in [0.2, 0.25) is 0 Å². The van der Waals surface area contributed by atoms with Crippen molar-refractivity contribution >= 4 is 14.1 Å². The second kappa shape index (κ2) is 4.15. The molecule has 2 N–H and O–H groups in total. The van der Waals surface area contributed by atoms with E-state index in [1.54, 1.807) is 0 Å². The van der Waals surface area contributed by atoms with Gasteiger partial charge in [0.05, 0.1) is 0 Å². The van der Waals surface area contributed by atoms with E-state index in [0.29, 0.717) is 5.92 Å². The number of hydrogen-bond donors (Lipinski definition) is 2. The third kappa shape index (κ3) is 2.25. The van der Waals surface area contributed by atoms with Gasteiger partial charge in [-0.2, -0.15) is 0 Å². The number of rotatable bonds is 3. The fourth-order valence-corrected chi connectivity index (χ4v) is 0.852. The first-order valence-corrected chi connectivity index (χ1v) is 3.52. The maximum Gasteiger partial charge on any atom is 0.160 e. The summed E-state index contributed by atoms with van der Waals surface area (Å²) >= 11 is 0. The van der Waals surface area contributed by atoms with E-state index in [2.05, 4.69) is 19.2 Å². The molecule has 0 rings (SSSR count). The monoisotopic (exact) mass is 138 g/mol. The first-order chi connectivity index (χ1) is 4.63. The summed E-state index contributed by atoms with van der Waals surface area (Å²) in [5.41, 5.74) is 2.16. The van der Waals surface area contributed by atoms with E-state index in [1.165, 1.54) is 6.21 Å². The normalized spacial score (nSPS) is 12.8. The summed E-state index contributed by atoms with van der Waals surface area (Å²) in [5.74, 6) is 0.435. The van der Waals surface area contributed by atoms with Crippen LogP contribution in [0.4, 0.5) is 0 Å². The van der Waals surface area contributed by atoms with Gasteiger partial charge >= 0.3 is 0 Å². The molecule has 0 aromatic heterocycles.